The molecule has 74 valence electrons. The largest absolute Gasteiger partial charge is 0.411 e. The van der Waals surface area contributed by atoms with Crippen LogP contribution in [0.4, 0.5) is 13.2 Å². The second-order valence-electron chi connectivity index (χ2n) is 1.97. The van der Waals surface area contributed by atoms with Gasteiger partial charge >= 0.3 is 6.18 Å². The first-order valence-corrected chi connectivity index (χ1v) is 4.46. The van der Waals surface area contributed by atoms with Crippen LogP contribution >= 0.6 is 15.9 Å². The van der Waals surface area contributed by atoms with E-state index in [1.165, 1.54) is 0 Å². The minimum absolute atomic E-state index is 0.0213. The smallest absolute Gasteiger partial charge is 0.378 e. The SMILES string of the molecule is FC(F)(F)COCCOCCBr. The molecule has 0 aromatic heterocycles. The van der Waals surface area contributed by atoms with Crippen molar-refractivity contribution < 1.29 is 22.6 Å². The zero-order valence-electron chi connectivity index (χ0n) is 6.36. The van der Waals surface area contributed by atoms with Gasteiger partial charge in [-0.3, -0.25) is 0 Å². The number of halogens is 4. The maximum Gasteiger partial charge on any atom is 0.411 e. The van der Waals surface area contributed by atoms with Crippen molar-refractivity contribution in [3.63, 3.8) is 0 Å². The minimum atomic E-state index is -4.24. The highest BCUT2D eigenvalue weighted by molar-refractivity contribution is 9.09. The monoisotopic (exact) mass is 250 g/mol. The molecule has 0 amide bonds. The standard InChI is InChI=1S/C6H10BrF3O2/c7-1-2-11-3-4-12-5-6(8,9)10/h1-5H2. The Balaban J connectivity index is 3.01. The van der Waals surface area contributed by atoms with Crippen LogP contribution in [0.5, 0.6) is 0 Å². The topological polar surface area (TPSA) is 18.5 Å². The summed E-state index contributed by atoms with van der Waals surface area (Å²) in [6, 6.07) is 0. The van der Waals surface area contributed by atoms with Gasteiger partial charge in [-0.25, -0.2) is 0 Å². The zero-order valence-corrected chi connectivity index (χ0v) is 7.95. The van der Waals surface area contributed by atoms with Gasteiger partial charge in [-0.05, 0) is 0 Å². The average Bonchev–Trinajstić information content (AvgIpc) is 1.94. The van der Waals surface area contributed by atoms with Crippen LogP contribution in [-0.2, 0) is 9.47 Å². The van der Waals surface area contributed by atoms with Gasteiger partial charge in [0.1, 0.15) is 6.61 Å². The number of alkyl halides is 4. The molecule has 0 aliphatic carbocycles. The highest BCUT2D eigenvalue weighted by atomic mass is 79.9. The lowest BCUT2D eigenvalue weighted by molar-refractivity contribution is -0.176. The molecule has 12 heavy (non-hydrogen) atoms. The summed E-state index contributed by atoms with van der Waals surface area (Å²) in [6.07, 6.45) is -4.24. The predicted molar refractivity (Wildman–Crippen MR) is 41.5 cm³/mol. The lowest BCUT2D eigenvalue weighted by atomic mass is 10.7. The molecule has 0 N–H and O–H groups in total. The van der Waals surface area contributed by atoms with E-state index in [-0.39, 0.29) is 13.2 Å². The molecule has 6 heteroatoms. The van der Waals surface area contributed by atoms with Crippen LogP contribution in [0.15, 0.2) is 0 Å². The fourth-order valence-corrected chi connectivity index (χ4v) is 0.691. The Kier molecular flexibility index (Phi) is 6.78. The van der Waals surface area contributed by atoms with Gasteiger partial charge in [-0.1, -0.05) is 15.9 Å². The third-order valence-electron chi connectivity index (χ3n) is 0.859. The summed E-state index contributed by atoms with van der Waals surface area (Å²) >= 11 is 3.10. The molecular formula is C6H10BrF3O2. The molecule has 0 aliphatic rings. The van der Waals surface area contributed by atoms with E-state index in [0.29, 0.717) is 11.9 Å². The van der Waals surface area contributed by atoms with E-state index in [9.17, 15) is 13.2 Å². The molecule has 0 radical (unpaired) electrons. The fraction of sp³-hybridized carbons (Fsp3) is 1.00. The van der Waals surface area contributed by atoms with E-state index in [4.69, 9.17) is 4.74 Å². The first kappa shape index (κ1) is 12.2. The highest BCUT2D eigenvalue weighted by Gasteiger charge is 2.27. The van der Waals surface area contributed by atoms with Gasteiger partial charge in [0.2, 0.25) is 0 Å². The number of hydrogen-bond acceptors (Lipinski definition) is 2. The van der Waals surface area contributed by atoms with Crippen LogP contribution in [-0.4, -0.2) is 37.9 Å². The van der Waals surface area contributed by atoms with Gasteiger partial charge < -0.3 is 9.47 Å². The number of hydrogen-bond donors (Lipinski definition) is 0. The molecule has 0 saturated carbocycles. The lowest BCUT2D eigenvalue weighted by Gasteiger charge is -2.07. The summed E-state index contributed by atoms with van der Waals surface area (Å²) < 4.78 is 43.5. The van der Waals surface area contributed by atoms with Crippen LogP contribution in [0.2, 0.25) is 0 Å². The van der Waals surface area contributed by atoms with Crippen LogP contribution < -0.4 is 0 Å². The quantitative estimate of drug-likeness (QED) is 0.530. The summed E-state index contributed by atoms with van der Waals surface area (Å²) in [6.45, 7) is -0.547. The predicted octanol–water partition coefficient (Wildman–Crippen LogP) is 1.98. The van der Waals surface area contributed by atoms with Crippen LogP contribution in [0.25, 0.3) is 0 Å². The van der Waals surface area contributed by atoms with E-state index < -0.39 is 12.8 Å². The molecule has 0 saturated heterocycles. The third kappa shape index (κ3) is 10.2. The molecule has 0 fully saturated rings. The van der Waals surface area contributed by atoms with Crippen LogP contribution in [0.3, 0.4) is 0 Å². The molecule has 2 nitrogen and oxygen atoms in total. The first-order valence-electron chi connectivity index (χ1n) is 3.34. The van der Waals surface area contributed by atoms with Crippen LogP contribution in [0, 0.1) is 0 Å². The van der Waals surface area contributed by atoms with Gasteiger partial charge in [-0.15, -0.1) is 0 Å². The second kappa shape index (κ2) is 6.68. The van der Waals surface area contributed by atoms with Crippen molar-refractivity contribution in [2.75, 3.05) is 31.8 Å². The Morgan fingerprint density at radius 3 is 2.08 bits per heavy atom. The van der Waals surface area contributed by atoms with Gasteiger partial charge in [0, 0.05) is 5.33 Å². The highest BCUT2D eigenvalue weighted by Crippen LogP contribution is 2.13. The van der Waals surface area contributed by atoms with Crippen molar-refractivity contribution in [2.45, 2.75) is 6.18 Å². The molecule has 0 aromatic carbocycles. The van der Waals surface area contributed by atoms with E-state index in [1.54, 1.807) is 0 Å². The molecule has 0 aromatic rings. The first-order chi connectivity index (χ1) is 5.56. The second-order valence-corrected chi connectivity index (χ2v) is 2.76. The normalized spacial score (nSPS) is 12.0. The van der Waals surface area contributed by atoms with E-state index in [0.717, 1.165) is 0 Å². The number of ether oxygens (including phenoxy) is 2. The van der Waals surface area contributed by atoms with Crippen molar-refractivity contribution >= 4 is 15.9 Å². The van der Waals surface area contributed by atoms with Gasteiger partial charge in [-0.2, -0.15) is 13.2 Å². The van der Waals surface area contributed by atoms with E-state index in [1.807, 2.05) is 0 Å². The van der Waals surface area contributed by atoms with Gasteiger partial charge in [0.15, 0.2) is 0 Å². The zero-order chi connectivity index (χ0) is 9.45. The van der Waals surface area contributed by atoms with Crippen molar-refractivity contribution in [3.05, 3.63) is 0 Å². The maximum absolute atomic E-state index is 11.5. The van der Waals surface area contributed by atoms with Crippen molar-refractivity contribution in [1.29, 1.82) is 0 Å². The molecule has 0 atom stereocenters. The Hall–Kier alpha value is 0.190. The van der Waals surface area contributed by atoms with E-state index >= 15 is 0 Å². The molecule has 0 heterocycles. The van der Waals surface area contributed by atoms with Crippen LogP contribution in [0.1, 0.15) is 0 Å². The van der Waals surface area contributed by atoms with Crippen molar-refractivity contribution in [1.82, 2.24) is 0 Å². The van der Waals surface area contributed by atoms with Gasteiger partial charge in [0.05, 0.1) is 19.8 Å². The molecule has 0 aliphatic heterocycles. The Morgan fingerprint density at radius 1 is 1.00 bits per heavy atom. The van der Waals surface area contributed by atoms with Crippen molar-refractivity contribution in [2.24, 2.45) is 0 Å². The molecule has 0 spiro atoms. The van der Waals surface area contributed by atoms with Crippen molar-refractivity contribution in [3.8, 4) is 0 Å². The molecule has 0 rings (SSSR count). The summed E-state index contributed by atoms with van der Waals surface area (Å²) in [7, 11) is 0. The lowest BCUT2D eigenvalue weighted by Crippen LogP contribution is -2.19. The average molecular weight is 251 g/mol. The Morgan fingerprint density at radius 2 is 1.58 bits per heavy atom. The minimum Gasteiger partial charge on any atom is -0.378 e. The molecule has 0 bridgehead atoms. The molecular weight excluding hydrogens is 241 g/mol. The maximum atomic E-state index is 11.5. The summed E-state index contributed by atoms with van der Waals surface area (Å²) in [5.41, 5.74) is 0. The summed E-state index contributed by atoms with van der Waals surface area (Å²) in [5, 5.41) is 0.673. The van der Waals surface area contributed by atoms with E-state index in [2.05, 4.69) is 20.7 Å². The Bertz CT molecular complexity index is 107. The summed E-state index contributed by atoms with van der Waals surface area (Å²) in [5.74, 6) is 0. The summed E-state index contributed by atoms with van der Waals surface area (Å²) in [4.78, 5) is 0. The fourth-order valence-electron chi connectivity index (χ4n) is 0.462. The molecule has 0 unspecified atom stereocenters. The third-order valence-corrected chi connectivity index (χ3v) is 1.18. The van der Waals surface area contributed by atoms with Gasteiger partial charge in [0.25, 0.3) is 0 Å². The number of rotatable bonds is 6. The Labute approximate surface area is 77.2 Å².